The number of ether oxygens (including phenoxy) is 2. The lowest BCUT2D eigenvalue weighted by atomic mass is 10.1. The Balaban J connectivity index is 2.40. The van der Waals surface area contributed by atoms with Crippen molar-refractivity contribution in [3.8, 4) is 22.9 Å². The second kappa shape index (κ2) is 8.55. The minimum atomic E-state index is -0.465. The van der Waals surface area contributed by atoms with Crippen LogP contribution in [0.15, 0.2) is 21.7 Å². The lowest BCUT2D eigenvalue weighted by Gasteiger charge is -2.14. The number of aromatic amines is 1. The standard InChI is InChI=1S/C21H27ClN4O4/c1-11(2)9-25-16-19(26(10-12(3)4)21(28)24-20(16)27)23-18(25)13-7-14(22)17(30-6)15(8-13)29-5/h7-8,11-12H,9-10H2,1-6H3,(H,24,27,28). The van der Waals surface area contributed by atoms with Gasteiger partial charge >= 0.3 is 5.69 Å². The first-order valence-corrected chi connectivity index (χ1v) is 10.2. The lowest BCUT2D eigenvalue weighted by molar-refractivity contribution is 0.355. The van der Waals surface area contributed by atoms with E-state index in [0.29, 0.717) is 52.2 Å². The first kappa shape index (κ1) is 22.0. The van der Waals surface area contributed by atoms with Crippen LogP contribution in [-0.4, -0.2) is 33.3 Å². The van der Waals surface area contributed by atoms with E-state index in [1.54, 1.807) is 12.1 Å². The molecule has 0 atom stereocenters. The molecule has 2 heterocycles. The highest BCUT2D eigenvalue weighted by Crippen LogP contribution is 2.39. The van der Waals surface area contributed by atoms with Gasteiger partial charge in [-0.1, -0.05) is 39.3 Å². The van der Waals surface area contributed by atoms with E-state index in [1.165, 1.54) is 18.8 Å². The zero-order valence-corrected chi connectivity index (χ0v) is 18.8. The van der Waals surface area contributed by atoms with E-state index < -0.39 is 11.2 Å². The molecule has 0 saturated heterocycles. The fourth-order valence-electron chi connectivity index (χ4n) is 3.52. The summed E-state index contributed by atoms with van der Waals surface area (Å²) in [6.45, 7) is 9.09. The van der Waals surface area contributed by atoms with Crippen LogP contribution < -0.4 is 20.7 Å². The van der Waals surface area contributed by atoms with Gasteiger partial charge in [0.05, 0.1) is 19.2 Å². The number of rotatable bonds is 7. The van der Waals surface area contributed by atoms with E-state index in [1.807, 2.05) is 18.4 Å². The van der Waals surface area contributed by atoms with Crippen LogP contribution in [0.2, 0.25) is 5.02 Å². The van der Waals surface area contributed by atoms with Gasteiger partial charge in [0, 0.05) is 18.7 Å². The topological polar surface area (TPSA) is 91.1 Å². The summed E-state index contributed by atoms with van der Waals surface area (Å²) in [5.74, 6) is 1.85. The number of halogens is 1. The van der Waals surface area contributed by atoms with E-state index >= 15 is 0 Å². The van der Waals surface area contributed by atoms with Gasteiger partial charge in [0.15, 0.2) is 22.7 Å². The third-order valence-corrected chi connectivity index (χ3v) is 4.95. The number of benzene rings is 1. The summed E-state index contributed by atoms with van der Waals surface area (Å²) in [6.07, 6.45) is 0. The van der Waals surface area contributed by atoms with Crippen LogP contribution in [0, 0.1) is 11.8 Å². The summed E-state index contributed by atoms with van der Waals surface area (Å²) in [4.78, 5) is 32.5. The minimum Gasteiger partial charge on any atom is -0.493 e. The molecule has 1 N–H and O–H groups in total. The Kier molecular flexibility index (Phi) is 6.26. The molecule has 0 saturated carbocycles. The monoisotopic (exact) mass is 434 g/mol. The second-order valence-corrected chi connectivity index (χ2v) is 8.48. The number of aromatic nitrogens is 4. The zero-order valence-electron chi connectivity index (χ0n) is 18.1. The fraction of sp³-hybridized carbons (Fsp3) is 0.476. The molecule has 1 aromatic carbocycles. The molecular weight excluding hydrogens is 408 g/mol. The third-order valence-electron chi connectivity index (χ3n) is 4.67. The van der Waals surface area contributed by atoms with Crippen molar-refractivity contribution in [1.82, 2.24) is 19.1 Å². The van der Waals surface area contributed by atoms with Crippen LogP contribution in [0.25, 0.3) is 22.6 Å². The van der Waals surface area contributed by atoms with Crippen molar-refractivity contribution in [2.45, 2.75) is 40.8 Å². The molecule has 0 spiro atoms. The van der Waals surface area contributed by atoms with Crippen molar-refractivity contribution in [2.75, 3.05) is 14.2 Å². The fourth-order valence-corrected chi connectivity index (χ4v) is 3.81. The SMILES string of the molecule is COc1cc(-c2nc3c(c(=O)[nH]c(=O)n3CC(C)C)n2CC(C)C)cc(Cl)c1OC. The van der Waals surface area contributed by atoms with Gasteiger partial charge in [-0.15, -0.1) is 0 Å². The van der Waals surface area contributed by atoms with Crippen molar-refractivity contribution < 1.29 is 9.47 Å². The Morgan fingerprint density at radius 1 is 1.03 bits per heavy atom. The molecule has 8 nitrogen and oxygen atoms in total. The van der Waals surface area contributed by atoms with Crippen LogP contribution in [0.5, 0.6) is 11.5 Å². The van der Waals surface area contributed by atoms with E-state index in [0.717, 1.165) is 0 Å². The first-order valence-electron chi connectivity index (χ1n) is 9.83. The average molecular weight is 435 g/mol. The zero-order chi connectivity index (χ0) is 22.2. The molecule has 30 heavy (non-hydrogen) atoms. The van der Waals surface area contributed by atoms with Crippen LogP contribution in [-0.2, 0) is 13.1 Å². The summed E-state index contributed by atoms with van der Waals surface area (Å²) < 4.78 is 14.1. The van der Waals surface area contributed by atoms with E-state index in [4.69, 9.17) is 26.1 Å². The number of nitrogens with zero attached hydrogens (tertiary/aromatic N) is 3. The summed E-state index contributed by atoms with van der Waals surface area (Å²) in [5, 5.41) is 0.364. The average Bonchev–Trinajstić information content (AvgIpc) is 3.03. The number of H-pyrrole nitrogens is 1. The summed E-state index contributed by atoms with van der Waals surface area (Å²) >= 11 is 6.41. The Bertz CT molecular complexity index is 1190. The molecule has 2 aromatic heterocycles. The summed E-state index contributed by atoms with van der Waals surface area (Å²) in [6, 6.07) is 3.49. The predicted molar refractivity (Wildman–Crippen MR) is 118 cm³/mol. The Hall–Kier alpha value is -2.74. The molecule has 0 aliphatic carbocycles. The van der Waals surface area contributed by atoms with E-state index in [9.17, 15) is 9.59 Å². The van der Waals surface area contributed by atoms with Gasteiger partial charge in [0.1, 0.15) is 5.82 Å². The normalized spacial score (nSPS) is 11.6. The molecule has 0 radical (unpaired) electrons. The van der Waals surface area contributed by atoms with Crippen molar-refractivity contribution in [3.05, 3.63) is 38.0 Å². The maximum Gasteiger partial charge on any atom is 0.330 e. The number of hydrogen-bond donors (Lipinski definition) is 1. The molecule has 9 heteroatoms. The largest absolute Gasteiger partial charge is 0.493 e. The van der Waals surface area contributed by atoms with Gasteiger partial charge in [-0.3, -0.25) is 14.3 Å². The molecule has 162 valence electrons. The van der Waals surface area contributed by atoms with Gasteiger partial charge in [0.25, 0.3) is 5.56 Å². The molecule has 0 fully saturated rings. The Labute approximate surface area is 179 Å². The van der Waals surface area contributed by atoms with Gasteiger partial charge in [-0.25, -0.2) is 9.78 Å². The number of hydrogen-bond acceptors (Lipinski definition) is 5. The smallest absolute Gasteiger partial charge is 0.330 e. The first-order chi connectivity index (χ1) is 14.2. The number of methoxy groups -OCH3 is 2. The third kappa shape index (κ3) is 3.96. The van der Waals surface area contributed by atoms with Crippen LogP contribution >= 0.6 is 11.6 Å². The second-order valence-electron chi connectivity index (χ2n) is 8.07. The molecule has 0 unspecified atom stereocenters. The molecule has 0 aliphatic rings. The lowest BCUT2D eigenvalue weighted by Crippen LogP contribution is -2.32. The van der Waals surface area contributed by atoms with Crippen LogP contribution in [0.4, 0.5) is 0 Å². The quantitative estimate of drug-likeness (QED) is 0.614. The van der Waals surface area contributed by atoms with Gasteiger partial charge in [-0.2, -0.15) is 0 Å². The molecular formula is C21H27ClN4O4. The Morgan fingerprint density at radius 3 is 2.23 bits per heavy atom. The molecule has 0 amide bonds. The maximum absolute atomic E-state index is 12.8. The number of fused-ring (bicyclic) bond motifs is 1. The highest BCUT2D eigenvalue weighted by Gasteiger charge is 2.22. The van der Waals surface area contributed by atoms with Crippen LogP contribution in [0.3, 0.4) is 0 Å². The predicted octanol–water partition coefficient (Wildman–Crippen LogP) is 3.54. The molecule has 3 aromatic rings. The molecule has 0 aliphatic heterocycles. The number of imidazole rings is 1. The summed E-state index contributed by atoms with van der Waals surface area (Å²) in [5.41, 5.74) is 0.467. The van der Waals surface area contributed by atoms with E-state index in [-0.39, 0.29) is 11.8 Å². The van der Waals surface area contributed by atoms with E-state index in [2.05, 4.69) is 18.8 Å². The van der Waals surface area contributed by atoms with Crippen molar-refractivity contribution in [2.24, 2.45) is 11.8 Å². The highest BCUT2D eigenvalue weighted by molar-refractivity contribution is 6.32. The van der Waals surface area contributed by atoms with Crippen molar-refractivity contribution >= 4 is 22.8 Å². The number of nitrogens with one attached hydrogen (secondary N) is 1. The minimum absolute atomic E-state index is 0.200. The highest BCUT2D eigenvalue weighted by atomic mass is 35.5. The molecule has 0 bridgehead atoms. The van der Waals surface area contributed by atoms with Crippen molar-refractivity contribution in [1.29, 1.82) is 0 Å². The summed E-state index contributed by atoms with van der Waals surface area (Å²) in [7, 11) is 3.04. The maximum atomic E-state index is 12.8. The van der Waals surface area contributed by atoms with Crippen molar-refractivity contribution in [3.63, 3.8) is 0 Å². The van der Waals surface area contributed by atoms with Gasteiger partial charge < -0.3 is 14.0 Å². The Morgan fingerprint density at radius 2 is 1.67 bits per heavy atom. The molecule has 3 rings (SSSR count). The van der Waals surface area contributed by atoms with Gasteiger partial charge in [0.2, 0.25) is 0 Å². The van der Waals surface area contributed by atoms with Gasteiger partial charge in [-0.05, 0) is 24.0 Å². The van der Waals surface area contributed by atoms with Crippen LogP contribution in [0.1, 0.15) is 27.7 Å².